The Morgan fingerprint density at radius 1 is 1.18 bits per heavy atom. The fourth-order valence-electron chi connectivity index (χ4n) is 1.34. The summed E-state index contributed by atoms with van der Waals surface area (Å²) in [7, 11) is 0. The van der Waals surface area contributed by atoms with E-state index in [4.69, 9.17) is 9.84 Å². The van der Waals surface area contributed by atoms with E-state index in [2.05, 4.69) is 22.5 Å². The van der Waals surface area contributed by atoms with Crippen molar-refractivity contribution < 1.29 is 9.84 Å². The molecule has 0 radical (unpaired) electrons. The molecule has 0 amide bonds. The quantitative estimate of drug-likeness (QED) is 0.567. The van der Waals surface area contributed by atoms with Crippen molar-refractivity contribution in [2.24, 2.45) is 0 Å². The molecule has 0 aliphatic rings. The molecule has 0 aliphatic carbocycles. The maximum Gasteiger partial charge on any atom is 0.0698 e. The van der Waals surface area contributed by atoms with E-state index in [1.165, 1.54) is 0 Å². The van der Waals surface area contributed by atoms with Crippen LogP contribution in [0.4, 0.5) is 11.4 Å². The topological polar surface area (TPSA) is 66.4 Å². The van der Waals surface area contributed by atoms with Crippen LogP contribution in [0.5, 0.6) is 0 Å². The number of rotatable bonds is 9. The van der Waals surface area contributed by atoms with Gasteiger partial charge in [-0.1, -0.05) is 6.92 Å². The highest BCUT2D eigenvalue weighted by atomic mass is 16.5. The van der Waals surface area contributed by atoms with E-state index in [9.17, 15) is 0 Å². The van der Waals surface area contributed by atoms with Gasteiger partial charge in [-0.3, -0.25) is 4.98 Å². The van der Waals surface area contributed by atoms with Crippen LogP contribution in [0.15, 0.2) is 18.5 Å². The largest absolute Gasteiger partial charge is 0.394 e. The second-order valence-electron chi connectivity index (χ2n) is 3.65. The van der Waals surface area contributed by atoms with Gasteiger partial charge in [-0.15, -0.1) is 0 Å². The highest BCUT2D eigenvalue weighted by Crippen LogP contribution is 2.12. The first-order valence-electron chi connectivity index (χ1n) is 5.98. The van der Waals surface area contributed by atoms with E-state index in [0.717, 1.165) is 24.3 Å². The molecule has 1 aromatic rings. The lowest BCUT2D eigenvalue weighted by Crippen LogP contribution is -2.11. The first-order valence-corrected chi connectivity index (χ1v) is 5.98. The van der Waals surface area contributed by atoms with Crippen LogP contribution in [0.2, 0.25) is 0 Å². The lowest BCUT2D eigenvalue weighted by molar-refractivity contribution is 0.0992. The van der Waals surface area contributed by atoms with Gasteiger partial charge in [0, 0.05) is 13.1 Å². The van der Waals surface area contributed by atoms with Crippen molar-refractivity contribution in [2.75, 3.05) is 43.5 Å². The van der Waals surface area contributed by atoms with Crippen molar-refractivity contribution in [2.45, 2.75) is 13.3 Å². The number of hydrogen-bond donors (Lipinski definition) is 3. The minimum atomic E-state index is 0.0674. The molecular formula is C12H21N3O2. The predicted octanol–water partition coefficient (Wildman–Crippen LogP) is 1.32. The number of nitrogens with one attached hydrogen (secondary N) is 2. The number of aromatic nitrogens is 1. The lowest BCUT2D eigenvalue weighted by Gasteiger charge is -2.09. The molecule has 1 rings (SSSR count). The number of aliphatic hydroxyl groups is 1. The summed E-state index contributed by atoms with van der Waals surface area (Å²) in [6, 6.07) is 2.02. The number of anilines is 2. The fourth-order valence-corrected chi connectivity index (χ4v) is 1.34. The Balaban J connectivity index is 2.27. The minimum absolute atomic E-state index is 0.0674. The fraction of sp³-hybridized carbons (Fsp3) is 0.583. The Morgan fingerprint density at radius 2 is 1.88 bits per heavy atom. The summed E-state index contributed by atoms with van der Waals surface area (Å²) in [5, 5.41) is 15.0. The van der Waals surface area contributed by atoms with Crippen LogP contribution in [-0.2, 0) is 4.74 Å². The number of ether oxygens (including phenoxy) is 1. The summed E-state index contributed by atoms with van der Waals surface area (Å²) < 4.78 is 5.15. The van der Waals surface area contributed by atoms with Crippen molar-refractivity contribution in [3.63, 3.8) is 0 Å². The van der Waals surface area contributed by atoms with Gasteiger partial charge in [0.05, 0.1) is 43.6 Å². The summed E-state index contributed by atoms with van der Waals surface area (Å²) in [6.07, 6.45) is 4.68. The van der Waals surface area contributed by atoms with Gasteiger partial charge in [-0.05, 0) is 12.5 Å². The van der Waals surface area contributed by atoms with Crippen LogP contribution in [0.3, 0.4) is 0 Å². The van der Waals surface area contributed by atoms with Gasteiger partial charge in [0.2, 0.25) is 0 Å². The number of hydrogen-bond acceptors (Lipinski definition) is 5. The maximum absolute atomic E-state index is 8.54. The zero-order chi connectivity index (χ0) is 12.3. The third kappa shape index (κ3) is 6.09. The summed E-state index contributed by atoms with van der Waals surface area (Å²) in [5.41, 5.74) is 1.99. The van der Waals surface area contributed by atoms with E-state index in [1.54, 1.807) is 6.20 Å². The second-order valence-corrected chi connectivity index (χ2v) is 3.65. The van der Waals surface area contributed by atoms with E-state index in [0.29, 0.717) is 19.8 Å². The molecule has 5 nitrogen and oxygen atoms in total. The third-order valence-corrected chi connectivity index (χ3v) is 2.13. The molecule has 96 valence electrons. The number of pyridine rings is 1. The normalized spacial score (nSPS) is 10.2. The summed E-state index contributed by atoms with van der Waals surface area (Å²) in [5.74, 6) is 0. The van der Waals surface area contributed by atoms with Gasteiger partial charge in [0.25, 0.3) is 0 Å². The van der Waals surface area contributed by atoms with Crippen molar-refractivity contribution >= 4 is 11.4 Å². The molecule has 0 aliphatic heterocycles. The van der Waals surface area contributed by atoms with Crippen LogP contribution in [0.1, 0.15) is 13.3 Å². The first-order chi connectivity index (χ1) is 8.36. The Bertz CT molecular complexity index is 308. The Hall–Kier alpha value is -1.33. The van der Waals surface area contributed by atoms with E-state index in [1.807, 2.05) is 12.3 Å². The number of aliphatic hydroxyl groups excluding tert-OH is 1. The minimum Gasteiger partial charge on any atom is -0.394 e. The molecule has 0 saturated heterocycles. The van der Waals surface area contributed by atoms with Gasteiger partial charge in [0.15, 0.2) is 0 Å². The molecule has 5 heteroatoms. The zero-order valence-corrected chi connectivity index (χ0v) is 10.3. The van der Waals surface area contributed by atoms with Crippen LogP contribution < -0.4 is 10.6 Å². The van der Waals surface area contributed by atoms with Crippen molar-refractivity contribution in [1.29, 1.82) is 0 Å². The molecule has 3 N–H and O–H groups in total. The second kappa shape index (κ2) is 8.78. The molecule has 0 atom stereocenters. The van der Waals surface area contributed by atoms with E-state index >= 15 is 0 Å². The smallest absolute Gasteiger partial charge is 0.0698 e. The first kappa shape index (κ1) is 13.7. The van der Waals surface area contributed by atoms with Crippen LogP contribution in [0.25, 0.3) is 0 Å². The average molecular weight is 239 g/mol. The Labute approximate surface area is 102 Å². The number of nitrogens with zero attached hydrogens (tertiary/aromatic N) is 1. The highest BCUT2D eigenvalue weighted by Gasteiger charge is 1.95. The van der Waals surface area contributed by atoms with Gasteiger partial charge in [-0.2, -0.15) is 0 Å². The maximum atomic E-state index is 8.54. The SMILES string of the molecule is CCCNc1cncc(NCCOCCO)c1. The Kier molecular flexibility index (Phi) is 7.09. The van der Waals surface area contributed by atoms with Crippen LogP contribution in [-0.4, -0.2) is 43.0 Å². The standard InChI is InChI=1S/C12H21N3O2/c1-2-3-14-11-8-12(10-13-9-11)15-4-6-17-7-5-16/h8-10,14-16H,2-7H2,1H3. The molecule has 1 heterocycles. The third-order valence-electron chi connectivity index (χ3n) is 2.13. The molecule has 0 bridgehead atoms. The molecule has 0 fully saturated rings. The highest BCUT2D eigenvalue weighted by molar-refractivity contribution is 5.53. The molecule has 0 unspecified atom stereocenters. The monoisotopic (exact) mass is 239 g/mol. The van der Waals surface area contributed by atoms with E-state index in [-0.39, 0.29) is 6.61 Å². The summed E-state index contributed by atoms with van der Waals surface area (Å²) in [4.78, 5) is 4.15. The molecule has 0 spiro atoms. The zero-order valence-electron chi connectivity index (χ0n) is 10.3. The summed E-state index contributed by atoms with van der Waals surface area (Å²) >= 11 is 0. The van der Waals surface area contributed by atoms with Gasteiger partial charge < -0.3 is 20.5 Å². The van der Waals surface area contributed by atoms with Crippen LogP contribution >= 0.6 is 0 Å². The predicted molar refractivity (Wildman–Crippen MR) is 69.4 cm³/mol. The molecule has 1 aromatic heterocycles. The Morgan fingerprint density at radius 3 is 2.53 bits per heavy atom. The average Bonchev–Trinajstić information content (AvgIpc) is 2.37. The lowest BCUT2D eigenvalue weighted by atomic mass is 10.3. The van der Waals surface area contributed by atoms with Gasteiger partial charge >= 0.3 is 0 Å². The molecule has 17 heavy (non-hydrogen) atoms. The van der Waals surface area contributed by atoms with Crippen molar-refractivity contribution in [3.8, 4) is 0 Å². The molecule has 0 aromatic carbocycles. The van der Waals surface area contributed by atoms with Crippen molar-refractivity contribution in [3.05, 3.63) is 18.5 Å². The van der Waals surface area contributed by atoms with E-state index < -0.39 is 0 Å². The van der Waals surface area contributed by atoms with Gasteiger partial charge in [-0.25, -0.2) is 0 Å². The molecule has 0 saturated carbocycles. The van der Waals surface area contributed by atoms with Gasteiger partial charge in [0.1, 0.15) is 0 Å². The van der Waals surface area contributed by atoms with Crippen LogP contribution in [0, 0.1) is 0 Å². The van der Waals surface area contributed by atoms with Crippen molar-refractivity contribution in [1.82, 2.24) is 4.98 Å². The molecular weight excluding hydrogens is 218 g/mol. The summed E-state index contributed by atoms with van der Waals surface area (Å²) in [6.45, 7) is 4.81.